The lowest BCUT2D eigenvalue weighted by molar-refractivity contribution is -0.136. The summed E-state index contributed by atoms with van der Waals surface area (Å²) in [5, 5.41) is 10.2. The summed E-state index contributed by atoms with van der Waals surface area (Å²) in [7, 11) is 0. The minimum absolute atomic E-state index is 0.270. The van der Waals surface area contributed by atoms with Crippen LogP contribution in [0.4, 0.5) is 0 Å². The molecule has 0 aromatic rings. The third-order valence-corrected chi connectivity index (χ3v) is 1.46. The fourth-order valence-corrected chi connectivity index (χ4v) is 0.992. The van der Waals surface area contributed by atoms with Crippen molar-refractivity contribution in [2.45, 2.75) is 26.7 Å². The third-order valence-electron chi connectivity index (χ3n) is 1.46. The van der Waals surface area contributed by atoms with Gasteiger partial charge in [-0.1, -0.05) is 13.8 Å². The summed E-state index contributed by atoms with van der Waals surface area (Å²) in [5.41, 5.74) is 0. The van der Waals surface area contributed by atoms with Gasteiger partial charge < -0.3 is 4.90 Å². The van der Waals surface area contributed by atoms with Gasteiger partial charge in [0.05, 0.1) is 0 Å². The van der Waals surface area contributed by atoms with Crippen LogP contribution in [-0.4, -0.2) is 30.5 Å². The molecule has 0 rings (SSSR count). The zero-order valence-corrected chi connectivity index (χ0v) is 7.30. The highest BCUT2D eigenvalue weighted by Gasteiger charge is 2.09. The SMILES string of the molecule is CCCN(CCC)C(=O)C[O]. The Morgan fingerprint density at radius 1 is 1.18 bits per heavy atom. The predicted octanol–water partition coefficient (Wildman–Crippen LogP) is 1.07. The number of hydrogen-bond acceptors (Lipinski definition) is 1. The molecule has 0 fully saturated rings. The normalized spacial score (nSPS) is 9.73. The Labute approximate surface area is 68.0 Å². The van der Waals surface area contributed by atoms with Gasteiger partial charge >= 0.3 is 0 Å². The summed E-state index contributed by atoms with van der Waals surface area (Å²) in [6.07, 6.45) is 1.84. The predicted molar refractivity (Wildman–Crippen MR) is 42.7 cm³/mol. The van der Waals surface area contributed by atoms with Crippen LogP contribution in [-0.2, 0) is 9.90 Å². The first kappa shape index (κ1) is 10.4. The summed E-state index contributed by atoms with van der Waals surface area (Å²) in [5.74, 6) is -0.270. The molecule has 0 bridgehead atoms. The van der Waals surface area contributed by atoms with Crippen molar-refractivity contribution < 1.29 is 9.90 Å². The Balaban J connectivity index is 3.76. The maximum Gasteiger partial charge on any atom is 0.251 e. The van der Waals surface area contributed by atoms with Crippen molar-refractivity contribution >= 4 is 5.91 Å². The molecular weight excluding hydrogens is 142 g/mol. The molecule has 0 aromatic carbocycles. The van der Waals surface area contributed by atoms with E-state index >= 15 is 0 Å². The zero-order valence-electron chi connectivity index (χ0n) is 7.30. The average Bonchev–Trinajstić information content (AvgIpc) is 2.03. The first-order chi connectivity index (χ1) is 5.26. The fraction of sp³-hybridized carbons (Fsp3) is 0.875. The molecule has 11 heavy (non-hydrogen) atoms. The van der Waals surface area contributed by atoms with Gasteiger partial charge in [-0.3, -0.25) is 4.79 Å². The maximum atomic E-state index is 10.9. The van der Waals surface area contributed by atoms with Crippen LogP contribution in [0.25, 0.3) is 0 Å². The molecule has 0 unspecified atom stereocenters. The molecule has 0 saturated carbocycles. The second-order valence-electron chi connectivity index (χ2n) is 2.53. The molecule has 1 amide bonds. The molecule has 1 radical (unpaired) electrons. The summed E-state index contributed by atoms with van der Waals surface area (Å²) in [6.45, 7) is 4.82. The van der Waals surface area contributed by atoms with Crippen molar-refractivity contribution in [2.24, 2.45) is 0 Å². The van der Waals surface area contributed by atoms with Gasteiger partial charge in [0.2, 0.25) is 0 Å². The van der Waals surface area contributed by atoms with E-state index in [1.165, 1.54) is 0 Å². The van der Waals surface area contributed by atoms with Crippen molar-refractivity contribution in [3.05, 3.63) is 0 Å². The van der Waals surface area contributed by atoms with Gasteiger partial charge in [-0.25, -0.2) is 5.11 Å². The molecule has 0 aliphatic carbocycles. The fourth-order valence-electron chi connectivity index (χ4n) is 0.992. The number of carbonyl (C=O) groups is 1. The molecule has 3 heteroatoms. The summed E-state index contributed by atoms with van der Waals surface area (Å²) in [4.78, 5) is 12.5. The van der Waals surface area contributed by atoms with Gasteiger partial charge in [0.15, 0.2) is 6.61 Å². The Morgan fingerprint density at radius 3 is 1.91 bits per heavy atom. The average molecular weight is 158 g/mol. The lowest BCUT2D eigenvalue weighted by Gasteiger charge is -2.19. The van der Waals surface area contributed by atoms with E-state index in [1.54, 1.807) is 4.90 Å². The number of rotatable bonds is 5. The van der Waals surface area contributed by atoms with Crippen molar-refractivity contribution in [2.75, 3.05) is 19.7 Å². The van der Waals surface area contributed by atoms with E-state index in [2.05, 4.69) is 0 Å². The molecule has 0 N–H and O–H groups in total. The van der Waals surface area contributed by atoms with Gasteiger partial charge in [0, 0.05) is 13.1 Å². The molecule has 0 spiro atoms. The molecule has 0 aliphatic heterocycles. The Hall–Kier alpha value is -0.570. The second-order valence-corrected chi connectivity index (χ2v) is 2.53. The van der Waals surface area contributed by atoms with Gasteiger partial charge in [-0.15, -0.1) is 0 Å². The van der Waals surface area contributed by atoms with Crippen LogP contribution in [0.15, 0.2) is 0 Å². The van der Waals surface area contributed by atoms with Gasteiger partial charge in [-0.05, 0) is 12.8 Å². The molecule has 3 nitrogen and oxygen atoms in total. The number of nitrogens with zero attached hydrogens (tertiary/aromatic N) is 1. The zero-order chi connectivity index (χ0) is 8.69. The molecule has 0 aliphatic rings. The van der Waals surface area contributed by atoms with Gasteiger partial charge in [0.1, 0.15) is 0 Å². The minimum Gasteiger partial charge on any atom is -0.341 e. The smallest absolute Gasteiger partial charge is 0.251 e. The first-order valence-corrected chi connectivity index (χ1v) is 4.12. The van der Waals surface area contributed by atoms with E-state index < -0.39 is 6.61 Å². The van der Waals surface area contributed by atoms with E-state index in [4.69, 9.17) is 0 Å². The maximum absolute atomic E-state index is 10.9. The van der Waals surface area contributed by atoms with Gasteiger partial charge in [0.25, 0.3) is 5.91 Å². The molecule has 0 atom stereocenters. The first-order valence-electron chi connectivity index (χ1n) is 4.12. The lowest BCUT2D eigenvalue weighted by Crippen LogP contribution is -2.34. The Morgan fingerprint density at radius 2 is 1.64 bits per heavy atom. The second kappa shape index (κ2) is 6.16. The highest BCUT2D eigenvalue weighted by molar-refractivity contribution is 5.77. The van der Waals surface area contributed by atoms with E-state index in [0.717, 1.165) is 25.9 Å². The molecular formula is C8H16NO2. The third kappa shape index (κ3) is 3.98. The van der Waals surface area contributed by atoms with Crippen molar-refractivity contribution in [1.29, 1.82) is 0 Å². The van der Waals surface area contributed by atoms with E-state index in [-0.39, 0.29) is 5.91 Å². The van der Waals surface area contributed by atoms with E-state index in [9.17, 15) is 9.90 Å². The lowest BCUT2D eigenvalue weighted by atomic mass is 10.3. The number of amides is 1. The Bertz CT molecular complexity index is 109. The van der Waals surface area contributed by atoms with Crippen molar-refractivity contribution in [1.82, 2.24) is 4.90 Å². The van der Waals surface area contributed by atoms with Gasteiger partial charge in [-0.2, -0.15) is 0 Å². The quantitative estimate of drug-likeness (QED) is 0.590. The molecule has 0 aromatic heterocycles. The highest BCUT2D eigenvalue weighted by atomic mass is 16.3. The van der Waals surface area contributed by atoms with Crippen LogP contribution < -0.4 is 0 Å². The molecule has 65 valence electrons. The summed E-state index contributed by atoms with van der Waals surface area (Å²) in [6, 6.07) is 0. The van der Waals surface area contributed by atoms with Crippen molar-refractivity contribution in [3.8, 4) is 0 Å². The van der Waals surface area contributed by atoms with Crippen molar-refractivity contribution in [3.63, 3.8) is 0 Å². The largest absolute Gasteiger partial charge is 0.341 e. The van der Waals surface area contributed by atoms with Crippen LogP contribution >= 0.6 is 0 Å². The minimum atomic E-state index is -0.611. The highest BCUT2D eigenvalue weighted by Crippen LogP contribution is 1.94. The van der Waals surface area contributed by atoms with E-state index in [0.29, 0.717) is 0 Å². The van der Waals surface area contributed by atoms with Crippen LogP contribution in [0.2, 0.25) is 0 Å². The summed E-state index contributed by atoms with van der Waals surface area (Å²) >= 11 is 0. The Kier molecular flexibility index (Phi) is 5.84. The molecule has 0 saturated heterocycles. The topological polar surface area (TPSA) is 40.2 Å². The number of hydrogen-bond donors (Lipinski definition) is 0. The summed E-state index contributed by atoms with van der Waals surface area (Å²) < 4.78 is 0. The van der Waals surface area contributed by atoms with Crippen LogP contribution in [0, 0.1) is 0 Å². The van der Waals surface area contributed by atoms with Crippen LogP contribution in [0.3, 0.4) is 0 Å². The van der Waals surface area contributed by atoms with Crippen LogP contribution in [0.1, 0.15) is 26.7 Å². The standard InChI is InChI=1S/C8H16NO2/c1-3-5-9(6-4-2)8(11)7-10/h3-7H2,1-2H3. The van der Waals surface area contributed by atoms with E-state index in [1.807, 2.05) is 13.8 Å². The number of carbonyl (C=O) groups excluding carboxylic acids is 1. The molecule has 0 heterocycles. The monoisotopic (exact) mass is 158 g/mol. The van der Waals surface area contributed by atoms with Crippen LogP contribution in [0.5, 0.6) is 0 Å².